The Labute approximate surface area is 365 Å². The summed E-state index contributed by atoms with van der Waals surface area (Å²) in [5, 5.41) is 5.05. The van der Waals surface area contributed by atoms with Crippen LogP contribution in [0.1, 0.15) is 22.6 Å². The highest BCUT2D eigenvalue weighted by Gasteiger charge is 2.30. The number of aromatic nitrogens is 2. The molecule has 2 heterocycles. The van der Waals surface area contributed by atoms with Gasteiger partial charge in [0, 0.05) is 38.8 Å². The van der Waals surface area contributed by atoms with E-state index in [1.807, 2.05) is 0 Å². The van der Waals surface area contributed by atoms with Gasteiger partial charge >= 0.3 is 0 Å². The summed E-state index contributed by atoms with van der Waals surface area (Å²) < 4.78 is 4.93. The van der Waals surface area contributed by atoms with Crippen molar-refractivity contribution in [2.45, 2.75) is 5.92 Å². The zero-order valence-corrected chi connectivity index (χ0v) is 34.3. The minimum atomic E-state index is 0.184. The summed E-state index contributed by atoms with van der Waals surface area (Å²) in [6.45, 7) is 0. The monoisotopic (exact) mass is 798 g/mol. The predicted molar refractivity (Wildman–Crippen MR) is 263 cm³/mol. The fourth-order valence-electron chi connectivity index (χ4n) is 11.3. The fraction of sp³-hybridized carbons (Fsp3) is 0.0164. The summed E-state index contributed by atoms with van der Waals surface area (Å²) >= 11 is 0. The first kappa shape index (κ1) is 34.5. The Morgan fingerprint density at radius 3 is 1.05 bits per heavy atom. The van der Waals surface area contributed by atoms with Crippen molar-refractivity contribution in [3.8, 4) is 67.0 Å². The Morgan fingerprint density at radius 1 is 0.238 bits per heavy atom. The average Bonchev–Trinajstić information content (AvgIpc) is 3.99. The third-order valence-electron chi connectivity index (χ3n) is 14.0. The molecule has 0 N–H and O–H groups in total. The van der Waals surface area contributed by atoms with Crippen LogP contribution in [0.4, 0.5) is 0 Å². The molecule has 2 nitrogen and oxygen atoms in total. The number of nitrogens with zero attached hydrogens (tertiary/aromatic N) is 2. The van der Waals surface area contributed by atoms with Gasteiger partial charge in [0.2, 0.25) is 0 Å². The highest BCUT2D eigenvalue weighted by atomic mass is 15.0. The highest BCUT2D eigenvalue weighted by molar-refractivity contribution is 6.12. The molecule has 0 fully saturated rings. The van der Waals surface area contributed by atoms with E-state index in [-0.39, 0.29) is 5.92 Å². The van der Waals surface area contributed by atoms with E-state index in [4.69, 9.17) is 0 Å². The van der Waals surface area contributed by atoms with Gasteiger partial charge in [-0.25, -0.2) is 0 Å². The molecule has 2 aromatic heterocycles. The summed E-state index contributed by atoms with van der Waals surface area (Å²) in [5.41, 5.74) is 23.7. The van der Waals surface area contributed by atoms with Crippen LogP contribution in [0.25, 0.3) is 111 Å². The average molecular weight is 799 g/mol. The Morgan fingerprint density at radius 2 is 0.587 bits per heavy atom. The Kier molecular flexibility index (Phi) is 7.20. The van der Waals surface area contributed by atoms with Gasteiger partial charge in [0.1, 0.15) is 0 Å². The molecule has 0 aliphatic heterocycles. The van der Waals surface area contributed by atoms with E-state index in [1.54, 1.807) is 0 Å². The molecule has 0 spiro atoms. The molecular weight excluding hydrogens is 761 g/mol. The third-order valence-corrected chi connectivity index (χ3v) is 14.0. The molecule has 0 radical (unpaired) electrons. The maximum atomic E-state index is 2.49. The van der Waals surface area contributed by atoms with Crippen molar-refractivity contribution in [2.75, 3.05) is 0 Å². The molecule has 0 unspecified atom stereocenters. The van der Waals surface area contributed by atoms with Crippen LogP contribution >= 0.6 is 0 Å². The van der Waals surface area contributed by atoms with Crippen molar-refractivity contribution in [1.82, 2.24) is 9.13 Å². The SMILES string of the molecule is c1ccc2c(c1)-c1ccccc1-c1ccc(-n3c4ccccc4c4cc(C5c6ccccc6-c6ccccc65)ccc43)cc1-c1cc(-n3c4ccccc4c4ccccc43)ccc1-2. The molecule has 2 aliphatic carbocycles. The molecule has 10 aromatic carbocycles. The Hall–Kier alpha value is -8.20. The first-order chi connectivity index (χ1) is 31.3. The Bertz CT molecular complexity index is 3780. The first-order valence-corrected chi connectivity index (χ1v) is 22.0. The largest absolute Gasteiger partial charge is 0.309 e. The zero-order chi connectivity index (χ0) is 41.2. The van der Waals surface area contributed by atoms with Crippen LogP contribution < -0.4 is 0 Å². The summed E-state index contributed by atoms with van der Waals surface area (Å²) in [4.78, 5) is 0. The van der Waals surface area contributed by atoms with Crippen LogP contribution in [0.3, 0.4) is 0 Å². The number of para-hydroxylation sites is 3. The van der Waals surface area contributed by atoms with Gasteiger partial charge in [-0.05, 0) is 127 Å². The zero-order valence-electron chi connectivity index (χ0n) is 34.3. The van der Waals surface area contributed by atoms with Gasteiger partial charge in [0.25, 0.3) is 0 Å². The topological polar surface area (TPSA) is 9.86 Å². The lowest BCUT2D eigenvalue weighted by Gasteiger charge is -2.25. The van der Waals surface area contributed by atoms with Crippen molar-refractivity contribution in [3.63, 3.8) is 0 Å². The molecular formula is C61H38N2. The van der Waals surface area contributed by atoms with Crippen LogP contribution in [0.5, 0.6) is 0 Å². The van der Waals surface area contributed by atoms with Crippen molar-refractivity contribution in [3.05, 3.63) is 241 Å². The van der Waals surface area contributed by atoms with Crippen molar-refractivity contribution < 1.29 is 0 Å². The second-order valence-corrected chi connectivity index (χ2v) is 17.2. The summed E-state index contributed by atoms with van der Waals surface area (Å²) in [5.74, 6) is 0.184. The lowest BCUT2D eigenvalue weighted by Crippen LogP contribution is -2.02. The van der Waals surface area contributed by atoms with Crippen LogP contribution in [0.15, 0.2) is 224 Å². The quantitative estimate of drug-likeness (QED) is 0.168. The molecule has 0 amide bonds. The molecule has 63 heavy (non-hydrogen) atoms. The molecule has 2 aliphatic rings. The summed E-state index contributed by atoms with van der Waals surface area (Å²) in [6, 6.07) is 83.8. The smallest absolute Gasteiger partial charge is 0.0541 e. The minimum Gasteiger partial charge on any atom is -0.309 e. The molecule has 14 rings (SSSR count). The standard InChI is InChI=1S/C61H38N2/c1-3-17-43-41(15-1)42-16-2-4-18-44(42)48-33-31-40(37-55(48)54-36-39(30-32-47(43)54)62-57-26-12-9-21-49(57)50-22-10-13-27-58(50)62)63-59-28-14-11-23-51(59)56-35-38(29-34-60(56)63)61-52-24-7-5-19-45(52)46-20-6-8-25-53(46)61/h1-37,61H. The summed E-state index contributed by atoms with van der Waals surface area (Å²) in [7, 11) is 0. The van der Waals surface area contributed by atoms with E-state index in [9.17, 15) is 0 Å². The van der Waals surface area contributed by atoms with E-state index in [0.29, 0.717) is 0 Å². The lowest BCUT2D eigenvalue weighted by atomic mass is 9.80. The molecule has 0 atom stereocenters. The van der Waals surface area contributed by atoms with E-state index >= 15 is 0 Å². The van der Waals surface area contributed by atoms with Gasteiger partial charge in [-0.3, -0.25) is 0 Å². The highest BCUT2D eigenvalue weighted by Crippen LogP contribution is 2.51. The van der Waals surface area contributed by atoms with Crippen LogP contribution in [0.2, 0.25) is 0 Å². The van der Waals surface area contributed by atoms with Gasteiger partial charge in [0.05, 0.1) is 22.1 Å². The second-order valence-electron chi connectivity index (χ2n) is 17.2. The normalized spacial score (nSPS) is 12.7. The van der Waals surface area contributed by atoms with Gasteiger partial charge in [-0.1, -0.05) is 170 Å². The molecule has 292 valence electrons. The molecule has 12 aromatic rings. The van der Waals surface area contributed by atoms with E-state index < -0.39 is 0 Å². The van der Waals surface area contributed by atoms with Crippen molar-refractivity contribution in [1.29, 1.82) is 0 Å². The first-order valence-electron chi connectivity index (χ1n) is 22.0. The summed E-state index contributed by atoms with van der Waals surface area (Å²) in [6.07, 6.45) is 0. The van der Waals surface area contributed by atoms with Crippen LogP contribution in [-0.2, 0) is 0 Å². The maximum Gasteiger partial charge on any atom is 0.0541 e. The van der Waals surface area contributed by atoms with E-state index in [0.717, 1.165) is 11.4 Å². The molecule has 0 saturated carbocycles. The third kappa shape index (κ3) is 4.89. The number of hydrogen-bond donors (Lipinski definition) is 0. The Balaban J connectivity index is 1.03. The van der Waals surface area contributed by atoms with Crippen LogP contribution in [-0.4, -0.2) is 9.13 Å². The van der Waals surface area contributed by atoms with Gasteiger partial charge in [-0.2, -0.15) is 0 Å². The minimum absolute atomic E-state index is 0.184. The van der Waals surface area contributed by atoms with E-state index in [1.165, 1.54) is 116 Å². The van der Waals surface area contributed by atoms with Crippen molar-refractivity contribution >= 4 is 43.6 Å². The predicted octanol–water partition coefficient (Wildman–Crippen LogP) is 16.0. The van der Waals surface area contributed by atoms with Gasteiger partial charge in [-0.15, -0.1) is 0 Å². The number of hydrogen-bond acceptors (Lipinski definition) is 0. The molecule has 0 saturated heterocycles. The van der Waals surface area contributed by atoms with Crippen molar-refractivity contribution in [2.24, 2.45) is 0 Å². The second kappa shape index (κ2) is 13.1. The van der Waals surface area contributed by atoms with Gasteiger partial charge in [0.15, 0.2) is 0 Å². The van der Waals surface area contributed by atoms with Gasteiger partial charge < -0.3 is 9.13 Å². The number of fused-ring (bicyclic) bond motifs is 17. The van der Waals surface area contributed by atoms with Crippen LogP contribution in [0, 0.1) is 0 Å². The maximum absolute atomic E-state index is 2.49. The number of rotatable bonds is 3. The lowest BCUT2D eigenvalue weighted by molar-refractivity contribution is 1.02. The number of benzene rings is 10. The molecule has 2 heteroatoms. The fourth-order valence-corrected chi connectivity index (χ4v) is 11.3. The van der Waals surface area contributed by atoms with E-state index in [2.05, 4.69) is 234 Å². The molecule has 0 bridgehead atoms.